The van der Waals surface area contributed by atoms with Crippen LogP contribution in [-0.4, -0.2) is 44.3 Å². The highest BCUT2D eigenvalue weighted by atomic mass is 16.8. The van der Waals surface area contributed by atoms with Crippen molar-refractivity contribution in [2.24, 2.45) is 40.4 Å². The molecule has 0 aromatic rings. The molecule has 6 fully saturated rings. The van der Waals surface area contributed by atoms with E-state index in [0.717, 1.165) is 31.5 Å². The Hall–Kier alpha value is -0.750. The molecule has 7 atom stereocenters. The molecular weight excluding hydrogens is 380 g/mol. The fourth-order valence-electron chi connectivity index (χ4n) is 9.34. The minimum absolute atomic E-state index is 0.150. The molecule has 0 N–H and O–H groups in total. The zero-order chi connectivity index (χ0) is 20.8. The van der Waals surface area contributed by atoms with E-state index < -0.39 is 11.6 Å². The van der Waals surface area contributed by atoms with Gasteiger partial charge in [0.15, 0.2) is 0 Å². The van der Waals surface area contributed by atoms with E-state index in [1.54, 1.807) is 0 Å². The van der Waals surface area contributed by atoms with Crippen molar-refractivity contribution in [1.82, 2.24) is 0 Å². The van der Waals surface area contributed by atoms with Crippen LogP contribution in [0.5, 0.6) is 0 Å². The molecular formula is C25H36O5. The van der Waals surface area contributed by atoms with Gasteiger partial charge in [0.2, 0.25) is 11.6 Å². The van der Waals surface area contributed by atoms with E-state index >= 15 is 0 Å². The average Bonchev–Trinajstić information content (AvgIpc) is 2.97. The van der Waals surface area contributed by atoms with Crippen LogP contribution in [0.2, 0.25) is 0 Å². The van der Waals surface area contributed by atoms with E-state index in [-0.39, 0.29) is 22.7 Å². The molecule has 0 aromatic carbocycles. The van der Waals surface area contributed by atoms with E-state index in [9.17, 15) is 4.79 Å². The number of hydrogen-bond donors (Lipinski definition) is 0. The lowest BCUT2D eigenvalue weighted by atomic mass is 9.43. The largest absolute Gasteiger partial charge is 0.342 e. The van der Waals surface area contributed by atoms with Gasteiger partial charge in [0.1, 0.15) is 6.29 Å². The summed E-state index contributed by atoms with van der Waals surface area (Å²) in [5.41, 5.74) is 1.34. The van der Waals surface area contributed by atoms with Crippen LogP contribution in [0.15, 0.2) is 12.2 Å². The fourth-order valence-corrected chi connectivity index (χ4v) is 9.34. The van der Waals surface area contributed by atoms with Gasteiger partial charge >= 0.3 is 0 Å². The van der Waals surface area contributed by atoms with Crippen LogP contribution >= 0.6 is 0 Å². The number of allylic oxidation sites excluding steroid dienone is 1. The van der Waals surface area contributed by atoms with Crippen LogP contribution < -0.4 is 0 Å². The number of carbonyl (C=O) groups excluding carboxylic acids is 1. The molecule has 2 saturated heterocycles. The Balaban J connectivity index is 1.48. The predicted molar refractivity (Wildman–Crippen MR) is 110 cm³/mol. The van der Waals surface area contributed by atoms with Gasteiger partial charge in [-0.2, -0.15) is 0 Å². The minimum atomic E-state index is -1.10. The molecule has 2 heterocycles. The van der Waals surface area contributed by atoms with Gasteiger partial charge in [-0.1, -0.05) is 26.0 Å². The summed E-state index contributed by atoms with van der Waals surface area (Å²) < 4.78 is 25.7. The highest BCUT2D eigenvalue weighted by Gasteiger charge is 2.83. The molecule has 0 radical (unpaired) electrons. The summed E-state index contributed by atoms with van der Waals surface area (Å²) in [6.45, 7) is 11.2. The SMILES string of the molecule is C=C1CCC[C@@H]2CC[C@H]3[C@@H]4[C@@H](C=O)C56OCCOC5(OCCO6)[C@@]4(C)CC[C@@H]3[C@@]12C. The summed E-state index contributed by atoms with van der Waals surface area (Å²) >= 11 is 0. The first-order valence-electron chi connectivity index (χ1n) is 12.1. The Labute approximate surface area is 179 Å². The molecule has 30 heavy (non-hydrogen) atoms. The van der Waals surface area contributed by atoms with E-state index in [1.165, 1.54) is 31.3 Å². The molecule has 0 amide bonds. The maximum absolute atomic E-state index is 12.7. The first-order valence-corrected chi connectivity index (χ1v) is 12.1. The Bertz CT molecular complexity index is 751. The molecule has 0 aromatic heterocycles. The molecule has 6 aliphatic rings. The minimum Gasteiger partial charge on any atom is -0.342 e. The van der Waals surface area contributed by atoms with E-state index in [0.29, 0.717) is 38.3 Å². The van der Waals surface area contributed by atoms with Crippen molar-refractivity contribution in [3.8, 4) is 0 Å². The third kappa shape index (κ3) is 2.03. The topological polar surface area (TPSA) is 54.0 Å². The second kappa shape index (κ2) is 6.40. The van der Waals surface area contributed by atoms with Crippen LogP contribution in [0.3, 0.4) is 0 Å². The molecule has 0 spiro atoms. The third-order valence-electron chi connectivity index (χ3n) is 10.5. The normalized spacial score (nSPS) is 57.4. The molecule has 0 bridgehead atoms. The number of ether oxygens (including phenoxy) is 4. The average molecular weight is 417 g/mol. The van der Waals surface area contributed by atoms with Crippen LogP contribution in [-0.2, 0) is 23.7 Å². The van der Waals surface area contributed by atoms with Crippen molar-refractivity contribution in [3.63, 3.8) is 0 Å². The number of fused-ring (bicyclic) bond motifs is 5. The summed E-state index contributed by atoms with van der Waals surface area (Å²) in [6, 6.07) is 0. The van der Waals surface area contributed by atoms with E-state index in [1.807, 2.05) is 0 Å². The summed E-state index contributed by atoms with van der Waals surface area (Å²) in [4.78, 5) is 12.7. The number of hydrogen-bond acceptors (Lipinski definition) is 5. The van der Waals surface area contributed by atoms with Gasteiger partial charge in [0.25, 0.3) is 0 Å². The molecule has 5 heteroatoms. The van der Waals surface area contributed by atoms with Crippen molar-refractivity contribution in [2.45, 2.75) is 70.4 Å². The second-order valence-corrected chi connectivity index (χ2v) is 11.1. The summed E-state index contributed by atoms with van der Waals surface area (Å²) in [5, 5.41) is 0. The summed E-state index contributed by atoms with van der Waals surface area (Å²) in [6.07, 6.45) is 9.40. The van der Waals surface area contributed by atoms with Gasteiger partial charge in [0.05, 0.1) is 32.3 Å². The Kier molecular flexibility index (Phi) is 4.25. The third-order valence-corrected chi connectivity index (χ3v) is 10.5. The lowest BCUT2D eigenvalue weighted by Crippen LogP contribution is -2.71. The molecule has 4 aliphatic carbocycles. The second-order valence-electron chi connectivity index (χ2n) is 11.1. The van der Waals surface area contributed by atoms with E-state index in [4.69, 9.17) is 18.9 Å². The molecule has 6 rings (SSSR count). The molecule has 5 nitrogen and oxygen atoms in total. The molecule has 166 valence electrons. The van der Waals surface area contributed by atoms with Crippen molar-refractivity contribution in [2.75, 3.05) is 26.4 Å². The first-order chi connectivity index (χ1) is 14.4. The van der Waals surface area contributed by atoms with Crippen LogP contribution in [0.1, 0.15) is 58.8 Å². The van der Waals surface area contributed by atoms with Crippen molar-refractivity contribution in [3.05, 3.63) is 12.2 Å². The van der Waals surface area contributed by atoms with Gasteiger partial charge in [-0.25, -0.2) is 0 Å². The Morgan fingerprint density at radius 3 is 2.37 bits per heavy atom. The molecule has 2 aliphatic heterocycles. The smallest absolute Gasteiger partial charge is 0.234 e. The fraction of sp³-hybridized carbons (Fsp3) is 0.880. The zero-order valence-corrected chi connectivity index (χ0v) is 18.5. The molecule has 4 saturated carbocycles. The number of rotatable bonds is 1. The van der Waals surface area contributed by atoms with Crippen molar-refractivity contribution in [1.29, 1.82) is 0 Å². The lowest BCUT2D eigenvalue weighted by molar-refractivity contribution is -0.478. The predicted octanol–water partition coefficient (Wildman–Crippen LogP) is 4.11. The maximum Gasteiger partial charge on any atom is 0.234 e. The van der Waals surface area contributed by atoms with Gasteiger partial charge in [-0.15, -0.1) is 0 Å². The zero-order valence-electron chi connectivity index (χ0n) is 18.5. The Morgan fingerprint density at radius 2 is 1.67 bits per heavy atom. The Morgan fingerprint density at radius 1 is 0.967 bits per heavy atom. The highest BCUT2D eigenvalue weighted by molar-refractivity contribution is 5.59. The highest BCUT2D eigenvalue weighted by Crippen LogP contribution is 2.74. The van der Waals surface area contributed by atoms with Gasteiger partial charge in [0, 0.05) is 5.41 Å². The van der Waals surface area contributed by atoms with Crippen LogP contribution in [0, 0.1) is 40.4 Å². The van der Waals surface area contributed by atoms with Gasteiger partial charge in [-0.05, 0) is 74.0 Å². The van der Waals surface area contributed by atoms with Crippen LogP contribution in [0.25, 0.3) is 0 Å². The monoisotopic (exact) mass is 416 g/mol. The van der Waals surface area contributed by atoms with Crippen molar-refractivity contribution >= 4 is 6.29 Å². The lowest BCUT2D eigenvalue weighted by Gasteiger charge is -2.62. The van der Waals surface area contributed by atoms with Crippen molar-refractivity contribution < 1.29 is 23.7 Å². The summed E-state index contributed by atoms with van der Waals surface area (Å²) in [5.74, 6) is -0.516. The van der Waals surface area contributed by atoms with Crippen LogP contribution in [0.4, 0.5) is 0 Å². The first kappa shape index (κ1) is 19.9. The summed E-state index contributed by atoms with van der Waals surface area (Å²) in [7, 11) is 0. The number of aldehydes is 1. The quantitative estimate of drug-likeness (QED) is 0.476. The standard InChI is InChI=1S/C25H36O5/c1-16-5-4-6-17-7-8-18-19(23(16,17)3)9-10-22(2)21(18)20(15-26)24-25(22,29-13-11-27-24)30-14-12-28-24/h15,17-21H,1,4-14H2,2-3H3/t17-,18-,19+,20-,21-,22+,23+,24?,25?/m1/s1. The number of carbonyl (C=O) groups is 1. The molecule has 0 unspecified atom stereocenters. The van der Waals surface area contributed by atoms with Gasteiger partial charge in [-0.3, -0.25) is 0 Å². The van der Waals surface area contributed by atoms with Gasteiger partial charge < -0.3 is 23.7 Å². The maximum atomic E-state index is 12.7. The van der Waals surface area contributed by atoms with E-state index in [2.05, 4.69) is 20.4 Å².